The Kier molecular flexibility index (Phi) is 8.67. The lowest BCUT2D eigenvalue weighted by atomic mass is 10.0. The van der Waals surface area contributed by atoms with Gasteiger partial charge in [0.1, 0.15) is 11.5 Å². The number of hydrogen-bond acceptors (Lipinski definition) is 4. The second-order valence-corrected chi connectivity index (χ2v) is 7.04. The van der Waals surface area contributed by atoms with E-state index in [0.717, 1.165) is 0 Å². The summed E-state index contributed by atoms with van der Waals surface area (Å²) in [6, 6.07) is 7.09. The van der Waals surface area contributed by atoms with E-state index in [0.29, 0.717) is 18.2 Å². The average Bonchev–Trinajstić information content (AvgIpc) is 2.40. The Bertz CT molecular complexity index is 404. The van der Waals surface area contributed by atoms with E-state index in [1.54, 1.807) is 12.1 Å². The minimum atomic E-state index is -0.259. The fourth-order valence-electron chi connectivity index (χ4n) is 1.22. The van der Waals surface area contributed by atoms with Crippen LogP contribution in [0.1, 0.15) is 40.2 Å². The van der Waals surface area contributed by atoms with Crippen LogP contribution in [0.25, 0.3) is 0 Å². The molecule has 1 unspecified atom stereocenters. The van der Waals surface area contributed by atoms with E-state index in [2.05, 4.69) is 31.8 Å². The SMILES string of the molecule is CC(C)C(=O)CNC(C)(S)C(C)C.Cc1ccc(O)cc1. The summed E-state index contributed by atoms with van der Waals surface area (Å²) in [5.41, 5.74) is 1.17. The molecule has 1 rings (SSSR count). The molecule has 2 N–H and O–H groups in total. The molecule has 21 heavy (non-hydrogen) atoms. The van der Waals surface area contributed by atoms with Crippen molar-refractivity contribution in [1.82, 2.24) is 5.32 Å². The van der Waals surface area contributed by atoms with Gasteiger partial charge < -0.3 is 5.11 Å². The van der Waals surface area contributed by atoms with Crippen LogP contribution in [0.2, 0.25) is 0 Å². The summed E-state index contributed by atoms with van der Waals surface area (Å²) in [5, 5.41) is 11.9. The summed E-state index contributed by atoms with van der Waals surface area (Å²) in [5.74, 6) is 1.07. The van der Waals surface area contributed by atoms with Crippen molar-refractivity contribution < 1.29 is 9.90 Å². The minimum Gasteiger partial charge on any atom is -0.508 e. The van der Waals surface area contributed by atoms with E-state index in [1.165, 1.54) is 5.56 Å². The molecule has 0 bridgehead atoms. The monoisotopic (exact) mass is 311 g/mol. The Morgan fingerprint density at radius 3 is 2.05 bits per heavy atom. The number of hydrogen-bond donors (Lipinski definition) is 3. The molecule has 0 radical (unpaired) electrons. The number of benzene rings is 1. The Labute approximate surface area is 134 Å². The summed E-state index contributed by atoms with van der Waals surface area (Å²) < 4.78 is 0. The third kappa shape index (κ3) is 8.79. The molecule has 0 aliphatic carbocycles. The zero-order chi connectivity index (χ0) is 16.6. The van der Waals surface area contributed by atoms with Gasteiger partial charge in [0.15, 0.2) is 0 Å². The topological polar surface area (TPSA) is 49.3 Å². The third-order valence-corrected chi connectivity index (χ3v) is 4.10. The fraction of sp³-hybridized carbons (Fsp3) is 0.588. The molecule has 3 nitrogen and oxygen atoms in total. The number of ketones is 1. The molecule has 0 aromatic heterocycles. The number of carbonyl (C=O) groups is 1. The first-order chi connectivity index (χ1) is 9.56. The second kappa shape index (κ2) is 9.11. The van der Waals surface area contributed by atoms with Crippen LogP contribution in [0.4, 0.5) is 0 Å². The first-order valence-electron chi connectivity index (χ1n) is 7.32. The molecule has 1 aromatic carbocycles. The van der Waals surface area contributed by atoms with Crippen molar-refractivity contribution >= 4 is 18.4 Å². The van der Waals surface area contributed by atoms with E-state index in [4.69, 9.17) is 5.11 Å². The number of thiol groups is 1. The Morgan fingerprint density at radius 2 is 1.71 bits per heavy atom. The predicted octanol–water partition coefficient (Wildman–Crippen LogP) is 3.80. The van der Waals surface area contributed by atoms with Gasteiger partial charge in [-0.3, -0.25) is 10.1 Å². The molecular weight excluding hydrogens is 282 g/mol. The second-order valence-electron chi connectivity index (χ2n) is 6.11. The van der Waals surface area contributed by atoms with Gasteiger partial charge in [0.2, 0.25) is 0 Å². The molecule has 0 aliphatic rings. The number of phenolic OH excluding ortho intramolecular Hbond substituents is 1. The highest BCUT2D eigenvalue weighted by molar-refractivity contribution is 7.81. The first-order valence-corrected chi connectivity index (χ1v) is 7.76. The highest BCUT2D eigenvalue weighted by Gasteiger charge is 2.23. The molecule has 0 amide bonds. The number of Topliss-reactive ketones (excluding diaryl/α,β-unsaturated/α-hetero) is 1. The summed E-state index contributed by atoms with van der Waals surface area (Å²) in [6.45, 7) is 12.4. The van der Waals surface area contributed by atoms with Crippen LogP contribution in [0.3, 0.4) is 0 Å². The minimum absolute atomic E-state index is 0.101. The Hall–Kier alpha value is -1.00. The zero-order valence-corrected chi connectivity index (χ0v) is 14.9. The Balaban J connectivity index is 0.000000423. The number of rotatable bonds is 5. The van der Waals surface area contributed by atoms with Crippen molar-refractivity contribution in [2.45, 2.75) is 46.4 Å². The van der Waals surface area contributed by atoms with Crippen molar-refractivity contribution in [3.8, 4) is 5.75 Å². The molecule has 0 aliphatic heterocycles. The number of phenols is 1. The highest BCUT2D eigenvalue weighted by Crippen LogP contribution is 2.20. The number of nitrogens with one attached hydrogen (secondary N) is 1. The Morgan fingerprint density at radius 1 is 1.24 bits per heavy atom. The smallest absolute Gasteiger partial charge is 0.149 e. The molecule has 0 saturated heterocycles. The van der Waals surface area contributed by atoms with Crippen LogP contribution >= 0.6 is 12.6 Å². The number of carbonyl (C=O) groups excluding carboxylic acids is 1. The number of aryl methyl sites for hydroxylation is 1. The first kappa shape index (κ1) is 20.0. The molecule has 120 valence electrons. The van der Waals surface area contributed by atoms with Gasteiger partial charge in [-0.2, -0.15) is 12.6 Å². The molecule has 1 aromatic rings. The van der Waals surface area contributed by atoms with Gasteiger partial charge in [0, 0.05) is 5.92 Å². The molecule has 0 fully saturated rings. The van der Waals surface area contributed by atoms with Crippen LogP contribution in [-0.4, -0.2) is 22.3 Å². The van der Waals surface area contributed by atoms with E-state index in [-0.39, 0.29) is 16.6 Å². The van der Waals surface area contributed by atoms with E-state index in [1.807, 2.05) is 39.8 Å². The molecule has 4 heteroatoms. The van der Waals surface area contributed by atoms with E-state index < -0.39 is 0 Å². The molecule has 1 atom stereocenters. The van der Waals surface area contributed by atoms with Gasteiger partial charge >= 0.3 is 0 Å². The predicted molar refractivity (Wildman–Crippen MR) is 92.9 cm³/mol. The van der Waals surface area contributed by atoms with Crippen LogP contribution in [0, 0.1) is 18.8 Å². The summed E-state index contributed by atoms with van der Waals surface area (Å²) in [4.78, 5) is 11.1. The number of aromatic hydroxyl groups is 1. The quantitative estimate of drug-likeness (QED) is 0.572. The third-order valence-electron chi connectivity index (χ3n) is 3.42. The lowest BCUT2D eigenvalue weighted by Crippen LogP contribution is -2.44. The van der Waals surface area contributed by atoms with Gasteiger partial charge in [0.05, 0.1) is 11.4 Å². The highest BCUT2D eigenvalue weighted by atomic mass is 32.1. The standard InChI is InChI=1S/C10H21NOS.C7H8O/c1-7(2)9(12)6-11-10(5,13)8(3)4;1-6-2-4-7(8)5-3-6/h7-8,11,13H,6H2,1-5H3;2-5,8H,1H3. The maximum atomic E-state index is 11.3. The zero-order valence-electron chi connectivity index (χ0n) is 14.0. The lowest BCUT2D eigenvalue weighted by molar-refractivity contribution is -0.121. The maximum absolute atomic E-state index is 11.3. The van der Waals surface area contributed by atoms with Crippen molar-refractivity contribution in [3.05, 3.63) is 29.8 Å². The summed E-state index contributed by atoms with van der Waals surface area (Å²) in [7, 11) is 0. The maximum Gasteiger partial charge on any atom is 0.149 e. The van der Waals surface area contributed by atoms with Crippen LogP contribution in [0.15, 0.2) is 24.3 Å². The fourth-order valence-corrected chi connectivity index (χ4v) is 1.30. The van der Waals surface area contributed by atoms with Crippen LogP contribution < -0.4 is 5.32 Å². The van der Waals surface area contributed by atoms with Crippen LogP contribution in [0.5, 0.6) is 5.75 Å². The van der Waals surface area contributed by atoms with E-state index in [9.17, 15) is 4.79 Å². The largest absolute Gasteiger partial charge is 0.508 e. The molecule has 0 saturated carbocycles. The van der Waals surface area contributed by atoms with Gasteiger partial charge in [-0.25, -0.2) is 0 Å². The van der Waals surface area contributed by atoms with Gasteiger partial charge in [-0.15, -0.1) is 0 Å². The van der Waals surface area contributed by atoms with Crippen LogP contribution in [-0.2, 0) is 4.79 Å². The molecular formula is C17H29NO2S. The van der Waals surface area contributed by atoms with Gasteiger partial charge in [-0.05, 0) is 31.9 Å². The normalized spacial score (nSPS) is 13.6. The summed E-state index contributed by atoms with van der Waals surface area (Å²) in [6.07, 6.45) is 0. The van der Waals surface area contributed by atoms with Gasteiger partial charge in [0.25, 0.3) is 0 Å². The van der Waals surface area contributed by atoms with E-state index >= 15 is 0 Å². The molecule has 0 heterocycles. The van der Waals surface area contributed by atoms with Crippen molar-refractivity contribution in [2.75, 3.05) is 6.54 Å². The van der Waals surface area contributed by atoms with Crippen molar-refractivity contribution in [2.24, 2.45) is 11.8 Å². The summed E-state index contributed by atoms with van der Waals surface area (Å²) >= 11 is 4.46. The van der Waals surface area contributed by atoms with Crippen molar-refractivity contribution in [3.63, 3.8) is 0 Å². The average molecular weight is 311 g/mol. The lowest BCUT2D eigenvalue weighted by Gasteiger charge is -2.29. The van der Waals surface area contributed by atoms with Gasteiger partial charge in [-0.1, -0.05) is 45.4 Å². The van der Waals surface area contributed by atoms with Crippen molar-refractivity contribution in [1.29, 1.82) is 0 Å². The molecule has 0 spiro atoms.